The molecule has 0 bridgehead atoms. The first-order valence-corrected chi connectivity index (χ1v) is 7.58. The highest BCUT2D eigenvalue weighted by Crippen LogP contribution is 2.29. The number of rotatable bonds is 7. The fraction of sp³-hybridized carbons (Fsp3) is 0.588. The molecule has 0 saturated carbocycles. The van der Waals surface area contributed by atoms with Crippen LogP contribution in [0.3, 0.4) is 0 Å². The highest BCUT2D eigenvalue weighted by molar-refractivity contribution is 5.80. The number of primary amides is 1. The summed E-state index contributed by atoms with van der Waals surface area (Å²) in [7, 11) is 0. The van der Waals surface area contributed by atoms with E-state index in [9.17, 15) is 4.79 Å². The Morgan fingerprint density at radius 1 is 1.25 bits per heavy atom. The first-order chi connectivity index (χ1) is 9.42. The molecule has 0 aromatic heterocycles. The van der Waals surface area contributed by atoms with Gasteiger partial charge in [0.1, 0.15) is 0 Å². The molecule has 0 spiro atoms. The highest BCUT2D eigenvalue weighted by Gasteiger charge is 2.18. The van der Waals surface area contributed by atoms with Crippen molar-refractivity contribution in [1.29, 1.82) is 0 Å². The Morgan fingerprint density at radius 3 is 2.35 bits per heavy atom. The van der Waals surface area contributed by atoms with Crippen LogP contribution < -0.4 is 10.6 Å². The van der Waals surface area contributed by atoms with Crippen molar-refractivity contribution in [2.24, 2.45) is 5.73 Å². The third-order valence-corrected chi connectivity index (χ3v) is 3.75. The minimum Gasteiger partial charge on any atom is -0.368 e. The van der Waals surface area contributed by atoms with Crippen LogP contribution in [0.2, 0.25) is 0 Å². The maximum atomic E-state index is 11.4. The van der Waals surface area contributed by atoms with E-state index in [-0.39, 0.29) is 18.5 Å². The maximum absolute atomic E-state index is 11.4. The third-order valence-electron chi connectivity index (χ3n) is 3.75. The number of benzene rings is 1. The lowest BCUT2D eigenvalue weighted by Crippen LogP contribution is -2.39. The van der Waals surface area contributed by atoms with Crippen LogP contribution in [0.15, 0.2) is 12.1 Å². The minimum absolute atomic E-state index is 0.255. The van der Waals surface area contributed by atoms with Gasteiger partial charge in [-0.2, -0.15) is 0 Å². The molecule has 1 aromatic carbocycles. The molecular formula is C17H28N2O. The normalized spacial score (nSPS) is 10.9. The van der Waals surface area contributed by atoms with E-state index in [1.54, 1.807) is 0 Å². The summed E-state index contributed by atoms with van der Waals surface area (Å²) in [6, 6.07) is 4.55. The number of nitrogens with zero attached hydrogens (tertiary/aromatic N) is 1. The number of hydrogen-bond acceptors (Lipinski definition) is 2. The molecule has 0 aliphatic rings. The van der Waals surface area contributed by atoms with Gasteiger partial charge in [0.15, 0.2) is 0 Å². The summed E-state index contributed by atoms with van der Waals surface area (Å²) < 4.78 is 0. The van der Waals surface area contributed by atoms with Crippen molar-refractivity contribution >= 4 is 11.6 Å². The second-order valence-electron chi connectivity index (χ2n) is 5.65. The van der Waals surface area contributed by atoms with Crippen LogP contribution in [0.1, 0.15) is 50.8 Å². The van der Waals surface area contributed by atoms with Crippen molar-refractivity contribution in [1.82, 2.24) is 0 Å². The molecule has 3 heteroatoms. The molecule has 0 aliphatic carbocycles. The van der Waals surface area contributed by atoms with Gasteiger partial charge in [-0.05, 0) is 56.4 Å². The molecule has 20 heavy (non-hydrogen) atoms. The lowest BCUT2D eigenvalue weighted by molar-refractivity contribution is -0.116. The first kappa shape index (κ1) is 16.5. The van der Waals surface area contributed by atoms with Crippen LogP contribution in [-0.2, 0) is 17.6 Å². The van der Waals surface area contributed by atoms with Crippen molar-refractivity contribution in [2.75, 3.05) is 11.4 Å². The molecule has 0 saturated heterocycles. The maximum Gasteiger partial charge on any atom is 0.236 e. The number of hydrogen-bond donors (Lipinski definition) is 1. The summed E-state index contributed by atoms with van der Waals surface area (Å²) in [5.74, 6) is -0.278. The van der Waals surface area contributed by atoms with Gasteiger partial charge in [0.2, 0.25) is 5.91 Å². The Morgan fingerprint density at radius 2 is 1.90 bits per heavy atom. The van der Waals surface area contributed by atoms with E-state index < -0.39 is 0 Å². The van der Waals surface area contributed by atoms with Crippen LogP contribution in [0.4, 0.5) is 5.69 Å². The number of carbonyl (C=O) groups excluding carboxylic acids is 1. The smallest absolute Gasteiger partial charge is 0.236 e. The van der Waals surface area contributed by atoms with Crippen LogP contribution in [-0.4, -0.2) is 18.5 Å². The van der Waals surface area contributed by atoms with Gasteiger partial charge in [-0.1, -0.05) is 26.3 Å². The van der Waals surface area contributed by atoms with Gasteiger partial charge in [-0.25, -0.2) is 0 Å². The summed E-state index contributed by atoms with van der Waals surface area (Å²) in [6.45, 7) is 11.0. The Kier molecular flexibility index (Phi) is 6.05. The second-order valence-corrected chi connectivity index (χ2v) is 5.65. The number of amides is 1. The Balaban J connectivity index is 3.36. The van der Waals surface area contributed by atoms with Crippen LogP contribution >= 0.6 is 0 Å². The first-order valence-electron chi connectivity index (χ1n) is 7.58. The topological polar surface area (TPSA) is 46.3 Å². The summed E-state index contributed by atoms with van der Waals surface area (Å²) >= 11 is 0. The predicted octanol–water partition coefficient (Wildman–Crippen LogP) is 3.21. The fourth-order valence-electron chi connectivity index (χ4n) is 2.80. The highest BCUT2D eigenvalue weighted by atomic mass is 16.1. The Hall–Kier alpha value is -1.51. The average Bonchev–Trinajstić information content (AvgIpc) is 2.37. The van der Waals surface area contributed by atoms with E-state index in [1.807, 2.05) is 0 Å². The summed E-state index contributed by atoms with van der Waals surface area (Å²) in [5, 5.41) is 0. The quantitative estimate of drug-likeness (QED) is 0.831. The molecule has 112 valence electrons. The van der Waals surface area contributed by atoms with Gasteiger partial charge in [-0.3, -0.25) is 4.79 Å². The van der Waals surface area contributed by atoms with E-state index in [0.717, 1.165) is 19.3 Å². The van der Waals surface area contributed by atoms with Crippen molar-refractivity contribution in [3.05, 3.63) is 28.8 Å². The van der Waals surface area contributed by atoms with E-state index in [2.05, 4.69) is 51.7 Å². The minimum atomic E-state index is -0.278. The van der Waals surface area contributed by atoms with Crippen molar-refractivity contribution in [2.45, 2.75) is 59.9 Å². The van der Waals surface area contributed by atoms with E-state index >= 15 is 0 Å². The van der Waals surface area contributed by atoms with E-state index in [0.29, 0.717) is 0 Å². The van der Waals surface area contributed by atoms with Gasteiger partial charge >= 0.3 is 0 Å². The molecule has 0 atom stereocenters. The average molecular weight is 276 g/mol. The molecule has 1 amide bonds. The fourth-order valence-corrected chi connectivity index (χ4v) is 2.80. The molecular weight excluding hydrogens is 248 g/mol. The van der Waals surface area contributed by atoms with Gasteiger partial charge < -0.3 is 10.6 Å². The van der Waals surface area contributed by atoms with Crippen molar-refractivity contribution in [3.8, 4) is 0 Å². The predicted molar refractivity (Wildman–Crippen MR) is 86.2 cm³/mol. The number of anilines is 1. The molecule has 2 N–H and O–H groups in total. The molecule has 0 fully saturated rings. The molecule has 0 radical (unpaired) electrons. The summed E-state index contributed by atoms with van der Waals surface area (Å²) in [6.07, 6.45) is 3.17. The van der Waals surface area contributed by atoms with Gasteiger partial charge in [0.05, 0.1) is 6.54 Å². The molecule has 1 rings (SSSR count). The zero-order chi connectivity index (χ0) is 15.3. The van der Waals surface area contributed by atoms with Gasteiger partial charge in [0, 0.05) is 11.7 Å². The molecule has 0 aliphatic heterocycles. The van der Waals surface area contributed by atoms with E-state index in [1.165, 1.54) is 22.4 Å². The summed E-state index contributed by atoms with van der Waals surface area (Å²) in [4.78, 5) is 13.5. The van der Waals surface area contributed by atoms with Crippen LogP contribution in [0, 0.1) is 6.92 Å². The zero-order valence-corrected chi connectivity index (χ0v) is 13.5. The number of nitrogens with two attached hydrogens (primary N) is 1. The van der Waals surface area contributed by atoms with Crippen molar-refractivity contribution < 1.29 is 4.79 Å². The molecule has 3 nitrogen and oxygen atoms in total. The molecule has 0 unspecified atom stereocenters. The third kappa shape index (κ3) is 3.75. The standard InChI is InChI=1S/C17H28N2O/c1-6-8-15-14(7-2)13(5)9-10-16(15)19(12(3)4)11-17(18)20/h9-10,12H,6-8,11H2,1-5H3,(H2,18,20). The van der Waals surface area contributed by atoms with E-state index in [4.69, 9.17) is 5.73 Å². The van der Waals surface area contributed by atoms with Crippen molar-refractivity contribution in [3.63, 3.8) is 0 Å². The second kappa shape index (κ2) is 7.32. The van der Waals surface area contributed by atoms with Gasteiger partial charge in [0.25, 0.3) is 0 Å². The summed E-state index contributed by atoms with van der Waals surface area (Å²) in [5.41, 5.74) is 10.7. The Labute approximate surface area is 123 Å². The lowest BCUT2D eigenvalue weighted by atomic mass is 9.94. The largest absolute Gasteiger partial charge is 0.368 e. The Bertz CT molecular complexity index is 466. The number of carbonyl (C=O) groups is 1. The lowest BCUT2D eigenvalue weighted by Gasteiger charge is -2.31. The molecule has 0 heterocycles. The zero-order valence-electron chi connectivity index (χ0n) is 13.5. The monoisotopic (exact) mass is 276 g/mol. The molecule has 1 aromatic rings. The SMILES string of the molecule is CCCc1c(N(CC(N)=O)C(C)C)ccc(C)c1CC. The number of aryl methyl sites for hydroxylation is 1. The van der Waals surface area contributed by atoms with Gasteiger partial charge in [-0.15, -0.1) is 0 Å². The van der Waals surface area contributed by atoms with Crippen LogP contribution in [0.25, 0.3) is 0 Å². The van der Waals surface area contributed by atoms with Crippen LogP contribution in [0.5, 0.6) is 0 Å².